The number of hydrogen-bond donors (Lipinski definition) is 2. The van der Waals surface area contributed by atoms with Gasteiger partial charge in [0.2, 0.25) is 0 Å². The molecule has 6 nitrogen and oxygen atoms in total. The summed E-state index contributed by atoms with van der Waals surface area (Å²) in [5.74, 6) is -0.224. The molecule has 7 heteroatoms. The Hall–Kier alpha value is -3.71. The molecule has 0 bridgehead atoms. The Labute approximate surface area is 184 Å². The molecule has 4 rings (SSSR count). The number of hydrogen-bond acceptors (Lipinski definition) is 4. The molecule has 0 aliphatic rings. The molecule has 2 aromatic carbocycles. The van der Waals surface area contributed by atoms with Crippen molar-refractivity contribution < 1.29 is 9.59 Å². The molecule has 0 fully saturated rings. The first-order chi connectivity index (χ1) is 15.2. The maximum Gasteiger partial charge on any atom is 0.261 e. The number of aromatic nitrogens is 2. The molecule has 2 heterocycles. The van der Waals surface area contributed by atoms with Crippen molar-refractivity contribution in [3.63, 3.8) is 0 Å². The van der Waals surface area contributed by atoms with Crippen LogP contribution < -0.4 is 10.6 Å². The van der Waals surface area contributed by atoms with Gasteiger partial charge in [-0.25, -0.2) is 4.98 Å². The molecule has 0 radical (unpaired) electrons. The van der Waals surface area contributed by atoms with Crippen LogP contribution in [0, 0.1) is 0 Å². The Morgan fingerprint density at radius 2 is 1.65 bits per heavy atom. The topological polar surface area (TPSA) is 76.0 Å². The zero-order valence-electron chi connectivity index (χ0n) is 16.8. The highest BCUT2D eigenvalue weighted by atomic mass is 32.1. The molecule has 0 unspecified atom stereocenters. The summed E-state index contributed by atoms with van der Waals surface area (Å²) in [6.45, 7) is 1.57. The van der Waals surface area contributed by atoms with Crippen molar-refractivity contribution in [2.75, 3.05) is 0 Å². The van der Waals surface area contributed by atoms with Gasteiger partial charge in [-0.1, -0.05) is 42.5 Å². The number of carbonyl (C=O) groups excluding carboxylic acids is 2. The van der Waals surface area contributed by atoms with E-state index in [0.717, 1.165) is 16.7 Å². The highest BCUT2D eigenvalue weighted by Gasteiger charge is 2.09. The van der Waals surface area contributed by atoms with Crippen LogP contribution >= 0.6 is 11.3 Å². The second kappa shape index (κ2) is 9.86. The van der Waals surface area contributed by atoms with Gasteiger partial charge in [-0.3, -0.25) is 9.59 Å². The van der Waals surface area contributed by atoms with Crippen LogP contribution in [0.2, 0.25) is 0 Å². The summed E-state index contributed by atoms with van der Waals surface area (Å²) < 4.78 is 2.00. The van der Waals surface area contributed by atoms with Gasteiger partial charge < -0.3 is 15.2 Å². The number of nitrogens with zero attached hydrogens (tertiary/aromatic N) is 2. The van der Waals surface area contributed by atoms with Crippen molar-refractivity contribution in [2.45, 2.75) is 19.6 Å². The van der Waals surface area contributed by atoms with Crippen LogP contribution in [-0.4, -0.2) is 21.4 Å². The Morgan fingerprint density at radius 1 is 0.871 bits per heavy atom. The zero-order chi connectivity index (χ0) is 21.5. The molecule has 0 atom stereocenters. The third-order valence-corrected chi connectivity index (χ3v) is 5.75. The van der Waals surface area contributed by atoms with E-state index in [-0.39, 0.29) is 11.8 Å². The van der Waals surface area contributed by atoms with E-state index >= 15 is 0 Å². The first kappa shape index (κ1) is 20.6. The van der Waals surface area contributed by atoms with E-state index in [0.29, 0.717) is 30.1 Å². The minimum absolute atomic E-state index is 0.0915. The van der Waals surface area contributed by atoms with Crippen LogP contribution in [0.1, 0.15) is 36.7 Å². The van der Waals surface area contributed by atoms with Gasteiger partial charge in [0, 0.05) is 37.6 Å². The molecule has 31 heavy (non-hydrogen) atoms. The fraction of sp³-hybridized carbons (Fsp3) is 0.125. The van der Waals surface area contributed by atoms with Gasteiger partial charge in [0.1, 0.15) is 0 Å². The van der Waals surface area contributed by atoms with Gasteiger partial charge in [-0.2, -0.15) is 0 Å². The first-order valence-electron chi connectivity index (χ1n) is 9.90. The van der Waals surface area contributed by atoms with Crippen molar-refractivity contribution in [3.05, 3.63) is 112 Å². The number of thiophene rings is 1. The van der Waals surface area contributed by atoms with Gasteiger partial charge >= 0.3 is 0 Å². The lowest BCUT2D eigenvalue weighted by Crippen LogP contribution is -2.24. The average Bonchev–Trinajstić information content (AvgIpc) is 3.51. The summed E-state index contributed by atoms with van der Waals surface area (Å²) in [5.41, 5.74) is 3.72. The number of amides is 2. The van der Waals surface area contributed by atoms with E-state index in [9.17, 15) is 9.59 Å². The summed E-state index contributed by atoms with van der Waals surface area (Å²) in [4.78, 5) is 29.4. The monoisotopic (exact) mass is 430 g/mol. The summed E-state index contributed by atoms with van der Waals surface area (Å²) in [6, 6.07) is 19.0. The third-order valence-electron chi connectivity index (χ3n) is 4.88. The lowest BCUT2D eigenvalue weighted by Gasteiger charge is -2.12. The van der Waals surface area contributed by atoms with Crippen LogP contribution in [0.15, 0.2) is 84.8 Å². The normalized spacial score (nSPS) is 10.6. The Morgan fingerprint density at radius 3 is 2.35 bits per heavy atom. The summed E-state index contributed by atoms with van der Waals surface area (Å²) in [7, 11) is 0. The third kappa shape index (κ3) is 5.46. The minimum atomic E-state index is -0.133. The van der Waals surface area contributed by atoms with Gasteiger partial charge in [0.25, 0.3) is 11.8 Å². The highest BCUT2D eigenvalue weighted by Crippen LogP contribution is 2.12. The summed E-state index contributed by atoms with van der Waals surface area (Å²) >= 11 is 1.41. The highest BCUT2D eigenvalue weighted by molar-refractivity contribution is 7.12. The Bertz CT molecular complexity index is 1140. The molecule has 0 aliphatic heterocycles. The van der Waals surface area contributed by atoms with Crippen molar-refractivity contribution in [3.8, 4) is 0 Å². The molecular weight excluding hydrogens is 408 g/mol. The van der Waals surface area contributed by atoms with Gasteiger partial charge in [-0.05, 0) is 40.3 Å². The van der Waals surface area contributed by atoms with Gasteiger partial charge in [0.05, 0.1) is 11.2 Å². The largest absolute Gasteiger partial charge is 0.348 e. The fourth-order valence-corrected chi connectivity index (χ4v) is 3.83. The molecular formula is C24H22N4O2S. The molecule has 4 aromatic rings. The molecule has 2 N–H and O–H groups in total. The lowest BCUT2D eigenvalue weighted by atomic mass is 10.1. The van der Waals surface area contributed by atoms with Crippen LogP contribution in [0.3, 0.4) is 0 Å². The number of nitrogens with one attached hydrogen (secondary N) is 2. The number of rotatable bonds is 8. The van der Waals surface area contributed by atoms with Crippen LogP contribution in [0.4, 0.5) is 0 Å². The van der Waals surface area contributed by atoms with Crippen LogP contribution in [0.25, 0.3) is 0 Å². The summed E-state index contributed by atoms with van der Waals surface area (Å²) in [5, 5.41) is 7.75. The van der Waals surface area contributed by atoms with Gasteiger partial charge in [0.15, 0.2) is 0 Å². The molecule has 0 saturated carbocycles. The second-order valence-corrected chi connectivity index (χ2v) is 7.99. The SMILES string of the molecule is O=C(NCc1ccccc1Cn1ccnc1)c1ccc(CNC(=O)c2cccs2)cc1. The van der Waals surface area contributed by atoms with Crippen molar-refractivity contribution in [1.29, 1.82) is 0 Å². The fourth-order valence-electron chi connectivity index (χ4n) is 3.19. The van der Waals surface area contributed by atoms with E-state index in [4.69, 9.17) is 0 Å². The number of benzene rings is 2. The van der Waals surface area contributed by atoms with E-state index in [2.05, 4.69) is 21.7 Å². The Balaban J connectivity index is 1.32. The number of carbonyl (C=O) groups is 2. The maximum absolute atomic E-state index is 12.6. The first-order valence-corrected chi connectivity index (χ1v) is 10.8. The molecule has 156 valence electrons. The van der Waals surface area contributed by atoms with Crippen LogP contribution in [0.5, 0.6) is 0 Å². The van der Waals surface area contributed by atoms with Crippen molar-refractivity contribution >= 4 is 23.2 Å². The van der Waals surface area contributed by atoms with Crippen molar-refractivity contribution in [1.82, 2.24) is 20.2 Å². The van der Waals surface area contributed by atoms with Crippen LogP contribution in [-0.2, 0) is 19.6 Å². The second-order valence-electron chi connectivity index (χ2n) is 7.04. The van der Waals surface area contributed by atoms with E-state index in [1.165, 1.54) is 11.3 Å². The minimum Gasteiger partial charge on any atom is -0.348 e. The van der Waals surface area contributed by atoms with E-state index in [1.54, 1.807) is 30.7 Å². The predicted octanol–water partition coefficient (Wildman–Crippen LogP) is 3.85. The average molecular weight is 431 g/mol. The van der Waals surface area contributed by atoms with E-state index < -0.39 is 0 Å². The molecule has 0 aliphatic carbocycles. The number of imidazole rings is 1. The Kier molecular flexibility index (Phi) is 6.54. The smallest absolute Gasteiger partial charge is 0.261 e. The molecule has 2 amide bonds. The molecule has 2 aromatic heterocycles. The molecule has 0 saturated heterocycles. The molecule has 0 spiro atoms. The predicted molar refractivity (Wildman–Crippen MR) is 121 cm³/mol. The zero-order valence-corrected chi connectivity index (χ0v) is 17.6. The lowest BCUT2D eigenvalue weighted by molar-refractivity contribution is 0.0943. The van der Waals surface area contributed by atoms with E-state index in [1.807, 2.05) is 52.5 Å². The quantitative estimate of drug-likeness (QED) is 0.446. The standard InChI is InChI=1S/C24H22N4O2S/c29-23(27-15-20-4-1-2-5-21(20)16-28-12-11-25-17-28)19-9-7-18(8-10-19)14-26-24(30)22-6-3-13-31-22/h1-13,17H,14-16H2,(H,26,30)(H,27,29). The summed E-state index contributed by atoms with van der Waals surface area (Å²) in [6.07, 6.45) is 5.45. The maximum atomic E-state index is 12.6. The van der Waals surface area contributed by atoms with Gasteiger partial charge in [-0.15, -0.1) is 11.3 Å². The van der Waals surface area contributed by atoms with Crippen molar-refractivity contribution in [2.24, 2.45) is 0 Å².